The minimum absolute atomic E-state index is 0.151. The maximum atomic E-state index is 11.8. The highest BCUT2D eigenvalue weighted by Gasteiger charge is 2.17. The monoisotopic (exact) mass is 281 g/mol. The van der Waals surface area contributed by atoms with Gasteiger partial charge in [-0.2, -0.15) is 0 Å². The zero-order valence-electron chi connectivity index (χ0n) is 11.4. The summed E-state index contributed by atoms with van der Waals surface area (Å²) >= 11 is 1.16. The Morgan fingerprint density at radius 1 is 1.37 bits per heavy atom. The minimum Gasteiger partial charge on any atom is -0.480 e. The lowest BCUT2D eigenvalue weighted by Gasteiger charge is -2.12. The van der Waals surface area contributed by atoms with Crippen molar-refractivity contribution in [1.82, 2.24) is 0 Å². The number of carboxylic acids is 1. The number of nitrogens with one attached hydrogen (secondary N) is 1. The Kier molecular flexibility index (Phi) is 5.89. The normalized spacial score (nSPS) is 11.9. The van der Waals surface area contributed by atoms with Crippen molar-refractivity contribution >= 4 is 29.3 Å². The van der Waals surface area contributed by atoms with Crippen molar-refractivity contribution in [3.05, 3.63) is 29.3 Å². The van der Waals surface area contributed by atoms with Gasteiger partial charge < -0.3 is 10.4 Å². The Labute approximate surface area is 117 Å². The molecule has 104 valence electrons. The van der Waals surface area contributed by atoms with Gasteiger partial charge in [0.25, 0.3) is 0 Å². The van der Waals surface area contributed by atoms with E-state index in [9.17, 15) is 9.59 Å². The third-order valence-corrected chi connectivity index (χ3v) is 4.31. The van der Waals surface area contributed by atoms with E-state index in [2.05, 4.69) is 5.32 Å². The van der Waals surface area contributed by atoms with Crippen molar-refractivity contribution in [3.8, 4) is 0 Å². The molecular weight excluding hydrogens is 262 g/mol. The van der Waals surface area contributed by atoms with Gasteiger partial charge in [0.15, 0.2) is 0 Å². The maximum Gasteiger partial charge on any atom is 0.316 e. The lowest BCUT2D eigenvalue weighted by Crippen LogP contribution is -2.21. The lowest BCUT2D eigenvalue weighted by molar-refractivity contribution is -0.136. The second-order valence-corrected chi connectivity index (χ2v) is 5.53. The molecule has 0 aliphatic carbocycles. The molecule has 1 amide bonds. The van der Waals surface area contributed by atoms with Crippen LogP contribution in [0.5, 0.6) is 0 Å². The molecule has 0 saturated carbocycles. The van der Waals surface area contributed by atoms with Crippen molar-refractivity contribution in [2.45, 2.75) is 32.4 Å². The first-order valence-corrected chi connectivity index (χ1v) is 7.21. The fraction of sp³-hybridized carbons (Fsp3) is 0.429. The quantitative estimate of drug-likeness (QED) is 0.841. The summed E-state index contributed by atoms with van der Waals surface area (Å²) in [5.41, 5.74) is 2.93. The van der Waals surface area contributed by atoms with Crippen LogP contribution in [0.25, 0.3) is 0 Å². The number of anilines is 1. The lowest BCUT2D eigenvalue weighted by atomic mass is 10.1. The van der Waals surface area contributed by atoms with Gasteiger partial charge in [-0.15, -0.1) is 11.8 Å². The molecule has 0 heterocycles. The number of hydrogen-bond acceptors (Lipinski definition) is 3. The van der Waals surface area contributed by atoms with E-state index < -0.39 is 11.2 Å². The summed E-state index contributed by atoms with van der Waals surface area (Å²) in [6.07, 6.45) is 0.511. The third kappa shape index (κ3) is 4.59. The van der Waals surface area contributed by atoms with Crippen LogP contribution < -0.4 is 5.32 Å². The molecule has 4 nitrogen and oxygen atoms in total. The highest BCUT2D eigenvalue weighted by atomic mass is 32.2. The maximum absolute atomic E-state index is 11.8. The summed E-state index contributed by atoms with van der Waals surface area (Å²) in [7, 11) is 0. The first kappa shape index (κ1) is 15.6. The number of hydrogen-bond donors (Lipinski definition) is 2. The number of amides is 1. The van der Waals surface area contributed by atoms with Crippen molar-refractivity contribution in [3.63, 3.8) is 0 Å². The summed E-state index contributed by atoms with van der Waals surface area (Å²) in [6, 6.07) is 5.72. The fourth-order valence-corrected chi connectivity index (χ4v) is 2.42. The van der Waals surface area contributed by atoms with E-state index >= 15 is 0 Å². The Balaban J connectivity index is 2.56. The number of rotatable bonds is 6. The van der Waals surface area contributed by atoms with Crippen molar-refractivity contribution in [2.24, 2.45) is 0 Å². The molecule has 1 aromatic rings. The predicted octanol–water partition coefficient (Wildman–Crippen LogP) is 2.84. The molecule has 1 unspecified atom stereocenters. The number of thioether (sulfide) groups is 1. The topological polar surface area (TPSA) is 66.4 Å². The molecule has 0 aromatic heterocycles. The van der Waals surface area contributed by atoms with Gasteiger partial charge in [-0.25, -0.2) is 0 Å². The fourth-order valence-electron chi connectivity index (χ4n) is 1.61. The molecule has 0 radical (unpaired) electrons. The van der Waals surface area contributed by atoms with Gasteiger partial charge in [-0.05, 0) is 37.5 Å². The number of aliphatic carboxylic acids is 1. The molecule has 2 N–H and O–H groups in total. The number of carbonyl (C=O) groups is 2. The van der Waals surface area contributed by atoms with E-state index in [1.165, 1.54) is 0 Å². The first-order chi connectivity index (χ1) is 8.95. The molecule has 0 aliphatic heterocycles. The van der Waals surface area contributed by atoms with Crippen molar-refractivity contribution in [2.75, 3.05) is 11.1 Å². The second kappa shape index (κ2) is 7.19. The number of aryl methyl sites for hydroxylation is 1. The van der Waals surface area contributed by atoms with Gasteiger partial charge in [0.1, 0.15) is 5.25 Å². The molecule has 1 aromatic carbocycles. The Hall–Kier alpha value is -1.49. The van der Waals surface area contributed by atoms with E-state index in [-0.39, 0.29) is 11.7 Å². The van der Waals surface area contributed by atoms with Crippen LogP contribution >= 0.6 is 11.8 Å². The molecule has 1 rings (SSSR count). The first-order valence-electron chi connectivity index (χ1n) is 6.16. The van der Waals surface area contributed by atoms with E-state index in [0.29, 0.717) is 6.42 Å². The van der Waals surface area contributed by atoms with Crippen LogP contribution in [-0.2, 0) is 9.59 Å². The van der Waals surface area contributed by atoms with Crippen LogP contribution in [0.3, 0.4) is 0 Å². The van der Waals surface area contributed by atoms with Crippen LogP contribution in [-0.4, -0.2) is 28.0 Å². The van der Waals surface area contributed by atoms with Gasteiger partial charge in [0.2, 0.25) is 5.91 Å². The highest BCUT2D eigenvalue weighted by Crippen LogP contribution is 2.19. The van der Waals surface area contributed by atoms with Crippen LogP contribution in [0.2, 0.25) is 0 Å². The summed E-state index contributed by atoms with van der Waals surface area (Å²) in [4.78, 5) is 22.6. The van der Waals surface area contributed by atoms with Crippen LogP contribution in [0.15, 0.2) is 18.2 Å². The molecule has 0 bridgehead atoms. The largest absolute Gasteiger partial charge is 0.480 e. The van der Waals surface area contributed by atoms with E-state index in [0.717, 1.165) is 28.6 Å². The summed E-state index contributed by atoms with van der Waals surface area (Å²) in [5.74, 6) is -0.886. The van der Waals surface area contributed by atoms with Crippen LogP contribution in [0.4, 0.5) is 5.69 Å². The molecule has 0 fully saturated rings. The predicted molar refractivity (Wildman–Crippen MR) is 78.7 cm³/mol. The summed E-state index contributed by atoms with van der Waals surface area (Å²) in [6.45, 7) is 5.73. The van der Waals surface area contributed by atoms with Gasteiger partial charge in [-0.3, -0.25) is 9.59 Å². The smallest absolute Gasteiger partial charge is 0.316 e. The summed E-state index contributed by atoms with van der Waals surface area (Å²) < 4.78 is 0. The van der Waals surface area contributed by atoms with Gasteiger partial charge in [-0.1, -0.05) is 19.1 Å². The van der Waals surface area contributed by atoms with E-state index in [4.69, 9.17) is 5.11 Å². The SMILES string of the molecule is CCC(SCC(=O)Nc1cccc(C)c1C)C(=O)O. The average Bonchev–Trinajstić information content (AvgIpc) is 2.35. The molecule has 1 atom stereocenters. The second-order valence-electron chi connectivity index (χ2n) is 4.34. The molecule has 5 heteroatoms. The standard InChI is InChI=1S/C14H19NO3S/c1-4-12(14(17)18)19-8-13(16)15-11-7-5-6-9(2)10(11)3/h5-7,12H,4,8H2,1-3H3,(H,15,16)(H,17,18). The van der Waals surface area contributed by atoms with E-state index in [1.807, 2.05) is 32.0 Å². The number of benzene rings is 1. The van der Waals surface area contributed by atoms with Crippen LogP contribution in [0.1, 0.15) is 24.5 Å². The molecule has 19 heavy (non-hydrogen) atoms. The zero-order chi connectivity index (χ0) is 14.4. The number of carbonyl (C=O) groups excluding carboxylic acids is 1. The van der Waals surface area contributed by atoms with E-state index in [1.54, 1.807) is 6.92 Å². The summed E-state index contributed by atoms with van der Waals surface area (Å²) in [5, 5.41) is 11.2. The van der Waals surface area contributed by atoms with Gasteiger partial charge >= 0.3 is 5.97 Å². The Morgan fingerprint density at radius 2 is 2.05 bits per heavy atom. The Bertz CT molecular complexity index is 474. The molecule has 0 spiro atoms. The minimum atomic E-state index is -0.868. The van der Waals surface area contributed by atoms with Gasteiger partial charge in [0, 0.05) is 5.69 Å². The zero-order valence-corrected chi connectivity index (χ0v) is 12.2. The van der Waals surface area contributed by atoms with Crippen LogP contribution in [0, 0.1) is 13.8 Å². The van der Waals surface area contributed by atoms with Crippen molar-refractivity contribution < 1.29 is 14.7 Å². The number of carboxylic acid groups (broad SMARTS) is 1. The highest BCUT2D eigenvalue weighted by molar-refractivity contribution is 8.01. The molecule has 0 aliphatic rings. The van der Waals surface area contributed by atoms with Gasteiger partial charge in [0.05, 0.1) is 5.75 Å². The molecular formula is C14H19NO3S. The molecule has 0 saturated heterocycles. The average molecular weight is 281 g/mol. The third-order valence-electron chi connectivity index (χ3n) is 2.94. The Morgan fingerprint density at radius 3 is 2.63 bits per heavy atom. The van der Waals surface area contributed by atoms with Crippen molar-refractivity contribution in [1.29, 1.82) is 0 Å².